The van der Waals surface area contributed by atoms with Crippen molar-refractivity contribution in [3.63, 3.8) is 0 Å². The summed E-state index contributed by atoms with van der Waals surface area (Å²) in [6, 6.07) is 20.8. The fraction of sp³-hybridized carbons (Fsp3) is 0.240. The molecule has 0 bridgehead atoms. The molecule has 4 rings (SSSR count). The van der Waals surface area contributed by atoms with E-state index < -0.39 is 15.0 Å². The molecule has 0 N–H and O–H groups in total. The molecule has 0 aliphatic carbocycles. The number of nitro benzene ring substituents is 1. The third kappa shape index (κ3) is 5.60. The molecule has 3 aromatic carbocycles. The molecule has 3 aromatic rings. The highest BCUT2D eigenvalue weighted by molar-refractivity contribution is 7.87. The maximum absolute atomic E-state index is 12.9. The van der Waals surface area contributed by atoms with Gasteiger partial charge in [0, 0.05) is 30.8 Å². The van der Waals surface area contributed by atoms with Crippen molar-refractivity contribution in [2.45, 2.75) is 24.2 Å². The van der Waals surface area contributed by atoms with Gasteiger partial charge in [-0.2, -0.15) is 8.42 Å². The summed E-state index contributed by atoms with van der Waals surface area (Å²) in [4.78, 5) is 24.6. The summed E-state index contributed by atoms with van der Waals surface area (Å²) in [5.74, 6) is 0.456. The molecule has 0 aromatic heterocycles. The number of carbonyl (C=O) groups is 1. The summed E-state index contributed by atoms with van der Waals surface area (Å²) in [6.07, 6.45) is 2.88. The summed E-state index contributed by atoms with van der Waals surface area (Å²) >= 11 is 0. The van der Waals surface area contributed by atoms with Crippen LogP contribution in [-0.2, 0) is 16.5 Å². The van der Waals surface area contributed by atoms with Crippen molar-refractivity contribution in [1.29, 1.82) is 0 Å². The number of nitrogens with zero attached hydrogens (tertiary/aromatic N) is 2. The van der Waals surface area contributed by atoms with Crippen LogP contribution in [0.4, 0.5) is 5.69 Å². The van der Waals surface area contributed by atoms with E-state index in [0.717, 1.165) is 25.3 Å². The lowest BCUT2D eigenvalue weighted by molar-refractivity contribution is -0.385. The van der Waals surface area contributed by atoms with Crippen LogP contribution in [0.15, 0.2) is 83.8 Å². The summed E-state index contributed by atoms with van der Waals surface area (Å²) in [7, 11) is -4.25. The topological polar surface area (TPSA) is 107 Å². The Morgan fingerprint density at radius 3 is 2.29 bits per heavy atom. The van der Waals surface area contributed by atoms with Gasteiger partial charge in [0.2, 0.25) is 0 Å². The van der Waals surface area contributed by atoms with E-state index in [2.05, 4.69) is 12.1 Å². The maximum atomic E-state index is 12.9. The first-order valence-electron chi connectivity index (χ1n) is 10.9. The Balaban J connectivity index is 1.35. The third-order valence-electron chi connectivity index (χ3n) is 5.89. The van der Waals surface area contributed by atoms with Crippen LogP contribution in [0.3, 0.4) is 0 Å². The van der Waals surface area contributed by atoms with E-state index in [1.807, 2.05) is 23.1 Å². The van der Waals surface area contributed by atoms with Crippen LogP contribution in [0.25, 0.3) is 0 Å². The number of benzene rings is 3. The molecule has 0 radical (unpaired) electrons. The molecular formula is C25H24N2O6S. The second-order valence-corrected chi connectivity index (χ2v) is 9.79. The fourth-order valence-electron chi connectivity index (χ4n) is 4.05. The van der Waals surface area contributed by atoms with Gasteiger partial charge < -0.3 is 9.08 Å². The Kier molecular flexibility index (Phi) is 6.93. The molecule has 0 saturated carbocycles. The lowest BCUT2D eigenvalue weighted by atomic mass is 9.90. The summed E-state index contributed by atoms with van der Waals surface area (Å²) in [5, 5.41) is 10.9. The first-order chi connectivity index (χ1) is 16.3. The molecule has 0 unspecified atom stereocenters. The van der Waals surface area contributed by atoms with Gasteiger partial charge in [-0.3, -0.25) is 14.9 Å². The molecule has 1 saturated heterocycles. The Labute approximate surface area is 198 Å². The highest BCUT2D eigenvalue weighted by Crippen LogP contribution is 2.25. The lowest BCUT2D eigenvalue weighted by Gasteiger charge is -2.32. The first kappa shape index (κ1) is 23.4. The summed E-state index contributed by atoms with van der Waals surface area (Å²) in [5.41, 5.74) is 1.41. The normalized spacial score (nSPS) is 14.5. The van der Waals surface area contributed by atoms with Gasteiger partial charge in [0.1, 0.15) is 10.6 Å². The van der Waals surface area contributed by atoms with E-state index in [0.29, 0.717) is 24.6 Å². The van der Waals surface area contributed by atoms with Crippen molar-refractivity contribution < 1.29 is 22.3 Å². The summed E-state index contributed by atoms with van der Waals surface area (Å²) < 4.78 is 30.1. The van der Waals surface area contributed by atoms with Crippen LogP contribution >= 0.6 is 0 Å². The quantitative estimate of drug-likeness (QED) is 0.281. The molecule has 1 fully saturated rings. The Hall–Kier alpha value is -3.72. The van der Waals surface area contributed by atoms with Gasteiger partial charge in [-0.15, -0.1) is 0 Å². The van der Waals surface area contributed by atoms with Crippen LogP contribution in [0, 0.1) is 16.0 Å². The second kappa shape index (κ2) is 10.0. The van der Waals surface area contributed by atoms with E-state index in [9.17, 15) is 23.3 Å². The summed E-state index contributed by atoms with van der Waals surface area (Å²) in [6.45, 7) is 1.35. The predicted octanol–water partition coefficient (Wildman–Crippen LogP) is 4.46. The van der Waals surface area contributed by atoms with Crippen molar-refractivity contribution in [1.82, 2.24) is 4.90 Å². The standard InChI is InChI=1S/C25H24N2O6S/c28-25(26-15-13-20(14-16-26)17-19-5-2-1-3-6-19)21-9-11-23(12-10-21)33-34(31,32)24-8-4-7-22(18-24)27(29)30/h1-12,18,20H,13-17H2. The minimum atomic E-state index is -4.25. The zero-order chi connectivity index (χ0) is 24.1. The third-order valence-corrected chi connectivity index (χ3v) is 7.14. The zero-order valence-corrected chi connectivity index (χ0v) is 19.2. The highest BCUT2D eigenvalue weighted by Gasteiger charge is 2.24. The number of piperidine rings is 1. The van der Waals surface area contributed by atoms with Crippen LogP contribution in [0.5, 0.6) is 5.75 Å². The number of rotatable bonds is 7. The van der Waals surface area contributed by atoms with Gasteiger partial charge in [-0.1, -0.05) is 36.4 Å². The van der Waals surface area contributed by atoms with Crippen LogP contribution in [0.1, 0.15) is 28.8 Å². The van der Waals surface area contributed by atoms with Gasteiger partial charge in [0.25, 0.3) is 11.6 Å². The molecule has 1 aliphatic heterocycles. The molecule has 9 heteroatoms. The molecular weight excluding hydrogens is 456 g/mol. The second-order valence-electron chi connectivity index (χ2n) is 8.24. The average Bonchev–Trinajstić information content (AvgIpc) is 2.85. The van der Waals surface area contributed by atoms with Crippen molar-refractivity contribution in [3.05, 3.63) is 100 Å². The molecule has 1 aliphatic rings. The van der Waals surface area contributed by atoms with Crippen molar-refractivity contribution >= 4 is 21.7 Å². The number of hydrogen-bond donors (Lipinski definition) is 0. The smallest absolute Gasteiger partial charge is 0.339 e. The Morgan fingerprint density at radius 2 is 1.65 bits per heavy atom. The minimum Gasteiger partial charge on any atom is -0.379 e. The monoisotopic (exact) mass is 480 g/mol. The number of amides is 1. The van der Waals surface area contributed by atoms with Crippen LogP contribution in [0.2, 0.25) is 0 Å². The Bertz CT molecular complexity index is 1270. The van der Waals surface area contributed by atoms with E-state index >= 15 is 0 Å². The molecule has 1 heterocycles. The van der Waals surface area contributed by atoms with Gasteiger partial charge in [-0.05, 0) is 61.1 Å². The fourth-order valence-corrected chi connectivity index (χ4v) is 5.02. The number of nitro groups is 1. The van der Waals surface area contributed by atoms with Crippen molar-refractivity contribution in [2.24, 2.45) is 5.92 Å². The van der Waals surface area contributed by atoms with Gasteiger partial charge in [-0.25, -0.2) is 0 Å². The number of hydrogen-bond acceptors (Lipinski definition) is 6. The first-order valence-corrected chi connectivity index (χ1v) is 12.3. The predicted molar refractivity (Wildman–Crippen MR) is 126 cm³/mol. The zero-order valence-electron chi connectivity index (χ0n) is 18.4. The number of non-ortho nitro benzene ring substituents is 1. The highest BCUT2D eigenvalue weighted by atomic mass is 32.2. The Morgan fingerprint density at radius 1 is 0.971 bits per heavy atom. The van der Waals surface area contributed by atoms with E-state index in [-0.39, 0.29) is 22.2 Å². The lowest BCUT2D eigenvalue weighted by Crippen LogP contribution is -2.38. The van der Waals surface area contributed by atoms with Crippen molar-refractivity contribution in [3.8, 4) is 5.75 Å². The number of likely N-dealkylation sites (tertiary alicyclic amines) is 1. The average molecular weight is 481 g/mol. The van der Waals surface area contributed by atoms with E-state index in [1.165, 1.54) is 48.0 Å². The molecule has 8 nitrogen and oxygen atoms in total. The SMILES string of the molecule is O=C(c1ccc(OS(=O)(=O)c2cccc([N+](=O)[O-])c2)cc1)N1CCC(Cc2ccccc2)CC1. The maximum Gasteiger partial charge on any atom is 0.339 e. The molecule has 0 spiro atoms. The van der Waals surface area contributed by atoms with E-state index in [4.69, 9.17) is 4.18 Å². The molecule has 34 heavy (non-hydrogen) atoms. The van der Waals surface area contributed by atoms with Gasteiger partial charge in [0.15, 0.2) is 0 Å². The van der Waals surface area contributed by atoms with E-state index in [1.54, 1.807) is 0 Å². The molecule has 0 atom stereocenters. The van der Waals surface area contributed by atoms with Crippen molar-refractivity contribution in [2.75, 3.05) is 13.1 Å². The number of carbonyl (C=O) groups excluding carboxylic acids is 1. The van der Waals surface area contributed by atoms with Crippen LogP contribution < -0.4 is 4.18 Å². The molecule has 176 valence electrons. The minimum absolute atomic E-state index is 0.0182. The molecule has 1 amide bonds. The van der Waals surface area contributed by atoms with Gasteiger partial charge >= 0.3 is 10.1 Å². The van der Waals surface area contributed by atoms with Crippen LogP contribution in [-0.4, -0.2) is 37.2 Å². The van der Waals surface area contributed by atoms with Gasteiger partial charge in [0.05, 0.1) is 4.92 Å². The largest absolute Gasteiger partial charge is 0.379 e.